The van der Waals surface area contributed by atoms with Crippen LogP contribution in [-0.4, -0.2) is 98.7 Å². The maximum Gasteiger partial charge on any atom is 0.407 e. The van der Waals surface area contributed by atoms with Gasteiger partial charge in [0, 0.05) is 27.8 Å². The number of aromatic nitrogens is 5. The minimum Gasteiger partial charge on any atom is -0.467 e. The summed E-state index contributed by atoms with van der Waals surface area (Å²) in [4.78, 5) is 82.4. The van der Waals surface area contributed by atoms with Gasteiger partial charge in [0.05, 0.1) is 31.9 Å². The van der Waals surface area contributed by atoms with Gasteiger partial charge in [-0.3, -0.25) is 28.3 Å². The minimum atomic E-state index is -1.20. The van der Waals surface area contributed by atoms with Gasteiger partial charge in [0.2, 0.25) is 5.78 Å². The third-order valence-corrected chi connectivity index (χ3v) is 7.19. The number of nitrogens with zero attached hydrogens (tertiary/aromatic N) is 5. The van der Waals surface area contributed by atoms with Crippen molar-refractivity contribution >= 4 is 46.9 Å². The molecule has 1 aliphatic rings. The molecule has 3 aromatic heterocycles. The van der Waals surface area contributed by atoms with Gasteiger partial charge < -0.3 is 33.7 Å². The first kappa shape index (κ1) is 32.9. The van der Waals surface area contributed by atoms with Crippen LogP contribution in [-0.2, 0) is 61.1 Å². The van der Waals surface area contributed by atoms with Crippen molar-refractivity contribution < 1.29 is 52.4 Å². The maximum atomic E-state index is 13.9. The van der Waals surface area contributed by atoms with Crippen molar-refractivity contribution in [1.29, 1.82) is 0 Å². The molecule has 18 nitrogen and oxygen atoms in total. The standard InChI is InChI=1S/C27H34N6O12/c1-12-17(9-8-16(25(38)40-6)30-27(39)41-7)33-23(37)19-22(31(5)26(33)29-12)32(11-28-19)24-21(44-15(4)36)20(43-14(3)35)18(45-24)10-42-13(2)34/h11,16,18,20-21,24H,8-10H2,1-7H3,(H,30,39)/t16-,18+,20+,21+,24+/m0/s1. The van der Waals surface area contributed by atoms with E-state index in [1.807, 2.05) is 0 Å². The fraction of sp³-hybridized carbons (Fsp3) is 0.556. The highest BCUT2D eigenvalue weighted by atomic mass is 16.7. The Morgan fingerprint density at radius 3 is 2.29 bits per heavy atom. The zero-order chi connectivity index (χ0) is 33.2. The third-order valence-electron chi connectivity index (χ3n) is 7.19. The molecule has 1 amide bonds. The molecular formula is C27H34N6O12. The van der Waals surface area contributed by atoms with Gasteiger partial charge in [-0.1, -0.05) is 0 Å². The van der Waals surface area contributed by atoms with E-state index in [0.29, 0.717) is 11.4 Å². The first-order valence-electron chi connectivity index (χ1n) is 13.8. The van der Waals surface area contributed by atoms with Crippen molar-refractivity contribution in [3.05, 3.63) is 28.1 Å². The van der Waals surface area contributed by atoms with Crippen LogP contribution in [0.3, 0.4) is 0 Å². The monoisotopic (exact) mass is 634 g/mol. The van der Waals surface area contributed by atoms with E-state index < -0.39 is 66.1 Å². The van der Waals surface area contributed by atoms with Gasteiger partial charge in [0.25, 0.3) is 5.56 Å². The van der Waals surface area contributed by atoms with Gasteiger partial charge in [-0.2, -0.15) is 0 Å². The number of fused-ring (bicyclic) bond motifs is 2. The molecule has 18 heteroatoms. The van der Waals surface area contributed by atoms with E-state index in [4.69, 9.17) is 23.7 Å². The Kier molecular flexibility index (Phi) is 9.75. The lowest BCUT2D eigenvalue weighted by Gasteiger charge is -2.24. The number of aryl methyl sites for hydroxylation is 3. The fourth-order valence-electron chi connectivity index (χ4n) is 5.29. The van der Waals surface area contributed by atoms with E-state index in [2.05, 4.69) is 20.0 Å². The molecule has 244 valence electrons. The highest BCUT2D eigenvalue weighted by molar-refractivity contribution is 5.81. The summed E-state index contributed by atoms with van der Waals surface area (Å²) in [5.41, 5.74) is 0.640. The highest BCUT2D eigenvalue weighted by Gasteiger charge is 2.51. The molecule has 0 spiro atoms. The van der Waals surface area contributed by atoms with E-state index in [1.54, 1.807) is 18.5 Å². The first-order chi connectivity index (χ1) is 21.3. The van der Waals surface area contributed by atoms with Crippen LogP contribution >= 0.6 is 0 Å². The zero-order valence-corrected chi connectivity index (χ0v) is 25.7. The lowest BCUT2D eigenvalue weighted by molar-refractivity contribution is -0.166. The van der Waals surface area contributed by atoms with Crippen molar-refractivity contribution in [3.8, 4) is 0 Å². The SMILES string of the molecule is COC(=O)N[C@@H](CCc1c(C)nc2n(C)c3c(ncn3[C@@H]3O[C@H](COC(C)=O)[C@@H](OC(C)=O)[C@H]3OC(C)=O)c(=O)n12)C(=O)OC. The molecule has 4 heterocycles. The average molecular weight is 635 g/mol. The van der Waals surface area contributed by atoms with Crippen LogP contribution in [0.1, 0.15) is 44.8 Å². The fourth-order valence-corrected chi connectivity index (χ4v) is 5.29. The number of nitrogens with one attached hydrogen (secondary N) is 1. The predicted octanol–water partition coefficient (Wildman–Crippen LogP) is -0.155. The number of carbonyl (C=O) groups is 5. The van der Waals surface area contributed by atoms with Crippen molar-refractivity contribution in [3.63, 3.8) is 0 Å². The van der Waals surface area contributed by atoms with Crippen LogP contribution in [0.25, 0.3) is 16.9 Å². The molecule has 1 fully saturated rings. The number of imidazole rings is 2. The van der Waals surface area contributed by atoms with Gasteiger partial charge in [0.15, 0.2) is 29.6 Å². The summed E-state index contributed by atoms with van der Waals surface area (Å²) in [6, 6.07) is -1.05. The van der Waals surface area contributed by atoms with E-state index in [0.717, 1.165) is 7.11 Å². The normalized spacial score (nSPS) is 20.1. The molecule has 45 heavy (non-hydrogen) atoms. The molecule has 0 bridgehead atoms. The highest BCUT2D eigenvalue weighted by Crippen LogP contribution is 2.36. The summed E-state index contributed by atoms with van der Waals surface area (Å²) in [5, 5.41) is 2.42. The molecule has 4 rings (SSSR count). The van der Waals surface area contributed by atoms with Crippen LogP contribution in [0, 0.1) is 6.92 Å². The lowest BCUT2D eigenvalue weighted by atomic mass is 10.1. The lowest BCUT2D eigenvalue weighted by Crippen LogP contribution is -2.42. The number of hydrogen-bond donors (Lipinski definition) is 1. The second kappa shape index (κ2) is 13.3. The van der Waals surface area contributed by atoms with Crippen LogP contribution in [0.4, 0.5) is 4.79 Å². The molecular weight excluding hydrogens is 600 g/mol. The van der Waals surface area contributed by atoms with Crippen LogP contribution in [0.5, 0.6) is 0 Å². The second-order valence-electron chi connectivity index (χ2n) is 10.2. The number of amides is 1. The number of rotatable bonds is 10. The van der Waals surface area contributed by atoms with Crippen LogP contribution < -0.4 is 10.9 Å². The van der Waals surface area contributed by atoms with Gasteiger partial charge in [-0.25, -0.2) is 24.0 Å². The van der Waals surface area contributed by atoms with E-state index in [1.165, 1.54) is 43.2 Å². The quantitative estimate of drug-likeness (QED) is 0.227. The molecule has 0 unspecified atom stereocenters. The summed E-state index contributed by atoms with van der Waals surface area (Å²) in [6.07, 6.45) is -3.85. The number of ether oxygens (including phenoxy) is 6. The molecule has 3 aromatic rings. The maximum absolute atomic E-state index is 13.9. The van der Waals surface area contributed by atoms with Gasteiger partial charge in [-0.15, -0.1) is 0 Å². The van der Waals surface area contributed by atoms with Crippen molar-refractivity contribution in [2.24, 2.45) is 7.05 Å². The van der Waals surface area contributed by atoms with Crippen molar-refractivity contribution in [2.45, 2.75) is 71.1 Å². The molecule has 1 saturated heterocycles. The molecule has 0 radical (unpaired) electrons. The second-order valence-corrected chi connectivity index (χ2v) is 10.2. The Morgan fingerprint density at radius 2 is 1.69 bits per heavy atom. The summed E-state index contributed by atoms with van der Waals surface area (Å²) in [5.74, 6) is -2.46. The zero-order valence-electron chi connectivity index (χ0n) is 25.7. The molecule has 0 aliphatic carbocycles. The minimum absolute atomic E-state index is 0.00139. The largest absolute Gasteiger partial charge is 0.467 e. The van der Waals surface area contributed by atoms with Gasteiger partial charge in [-0.05, 0) is 19.8 Å². The smallest absolute Gasteiger partial charge is 0.407 e. The van der Waals surface area contributed by atoms with Gasteiger partial charge in [0.1, 0.15) is 18.8 Å². The Labute approximate surface area is 255 Å². The van der Waals surface area contributed by atoms with E-state index in [-0.39, 0.29) is 36.4 Å². The third kappa shape index (κ3) is 6.59. The Balaban J connectivity index is 1.79. The van der Waals surface area contributed by atoms with E-state index >= 15 is 0 Å². The summed E-state index contributed by atoms with van der Waals surface area (Å²) < 4.78 is 36.0. The summed E-state index contributed by atoms with van der Waals surface area (Å²) >= 11 is 0. The number of carbonyl (C=O) groups excluding carboxylic acids is 5. The molecule has 0 aromatic carbocycles. The Bertz CT molecular complexity index is 1710. The van der Waals surface area contributed by atoms with Gasteiger partial charge >= 0.3 is 30.0 Å². The number of hydrogen-bond acceptors (Lipinski definition) is 14. The molecule has 1 aliphatic heterocycles. The predicted molar refractivity (Wildman–Crippen MR) is 150 cm³/mol. The molecule has 5 atom stereocenters. The summed E-state index contributed by atoms with van der Waals surface area (Å²) in [6.45, 7) is 4.93. The first-order valence-corrected chi connectivity index (χ1v) is 13.8. The molecule has 1 N–H and O–H groups in total. The Hall–Kier alpha value is -5.00. The Morgan fingerprint density at radius 1 is 1.02 bits per heavy atom. The number of esters is 4. The van der Waals surface area contributed by atoms with Crippen LogP contribution in [0.2, 0.25) is 0 Å². The topological polar surface area (TPSA) is 210 Å². The van der Waals surface area contributed by atoms with E-state index in [9.17, 15) is 28.8 Å². The number of alkyl carbamates (subject to hydrolysis) is 1. The van der Waals surface area contributed by atoms with Crippen molar-refractivity contribution in [1.82, 2.24) is 28.8 Å². The average Bonchev–Trinajstić information content (AvgIpc) is 3.66. The number of methoxy groups -OCH3 is 2. The molecule has 0 saturated carbocycles. The summed E-state index contributed by atoms with van der Waals surface area (Å²) in [7, 11) is 3.98. The van der Waals surface area contributed by atoms with Crippen molar-refractivity contribution in [2.75, 3.05) is 20.8 Å². The van der Waals surface area contributed by atoms with Crippen LogP contribution in [0.15, 0.2) is 11.1 Å².